The number of aliphatic hydroxyl groups is 1. The van der Waals surface area contributed by atoms with E-state index in [-0.39, 0.29) is 6.10 Å². The third-order valence-corrected chi connectivity index (χ3v) is 1.97. The van der Waals surface area contributed by atoms with E-state index in [1.165, 1.54) is 0 Å². The molecule has 0 saturated heterocycles. The van der Waals surface area contributed by atoms with Gasteiger partial charge in [-0.15, -0.1) is 0 Å². The van der Waals surface area contributed by atoms with Crippen molar-refractivity contribution in [2.75, 3.05) is 12.4 Å². The summed E-state index contributed by atoms with van der Waals surface area (Å²) < 4.78 is 0. The largest absolute Gasteiger partial charge is 0.388 e. The zero-order chi connectivity index (χ0) is 8.97. The number of anilines is 1. The number of nitrogens with one attached hydrogen (secondary N) is 1. The maximum Gasteiger partial charge on any atom is 0.0787 e. The second-order valence-electron chi connectivity index (χ2n) is 2.80. The van der Waals surface area contributed by atoms with Crippen molar-refractivity contribution < 1.29 is 5.11 Å². The minimum absolute atomic E-state index is 0.323. The molecule has 0 amide bonds. The molecule has 1 unspecified atom stereocenters. The molecule has 1 atom stereocenters. The summed E-state index contributed by atoms with van der Waals surface area (Å²) in [6.45, 7) is 1.97. The Morgan fingerprint density at radius 2 is 1.92 bits per heavy atom. The van der Waals surface area contributed by atoms with Gasteiger partial charge in [0.15, 0.2) is 0 Å². The van der Waals surface area contributed by atoms with Crippen molar-refractivity contribution in [3.63, 3.8) is 0 Å². The van der Waals surface area contributed by atoms with Gasteiger partial charge < -0.3 is 10.4 Å². The van der Waals surface area contributed by atoms with Crippen LogP contribution in [0.1, 0.15) is 25.0 Å². The highest BCUT2D eigenvalue weighted by Crippen LogP contribution is 2.17. The van der Waals surface area contributed by atoms with Gasteiger partial charge in [-0.05, 0) is 24.1 Å². The second-order valence-corrected chi connectivity index (χ2v) is 2.80. The van der Waals surface area contributed by atoms with E-state index in [1.807, 2.05) is 38.2 Å². The van der Waals surface area contributed by atoms with Crippen molar-refractivity contribution in [1.29, 1.82) is 0 Å². The lowest BCUT2D eigenvalue weighted by Gasteiger charge is -2.08. The topological polar surface area (TPSA) is 32.3 Å². The van der Waals surface area contributed by atoms with Crippen molar-refractivity contribution in [3.8, 4) is 0 Å². The standard InChI is InChI=1S/C10H15NO/c1-3-10(12)8-4-6-9(11-2)7-5-8/h4-7,10-12H,3H2,1-2H3. The summed E-state index contributed by atoms with van der Waals surface area (Å²) in [6.07, 6.45) is 0.440. The molecule has 0 radical (unpaired) electrons. The zero-order valence-electron chi connectivity index (χ0n) is 7.54. The van der Waals surface area contributed by atoms with E-state index >= 15 is 0 Å². The fraction of sp³-hybridized carbons (Fsp3) is 0.400. The first-order chi connectivity index (χ1) is 5.77. The fourth-order valence-corrected chi connectivity index (χ4v) is 1.11. The smallest absolute Gasteiger partial charge is 0.0787 e. The Hall–Kier alpha value is -1.02. The SMILES string of the molecule is CCC(O)c1ccc(NC)cc1. The number of rotatable bonds is 3. The number of hydrogen-bond donors (Lipinski definition) is 2. The van der Waals surface area contributed by atoms with E-state index in [0.717, 1.165) is 17.7 Å². The van der Waals surface area contributed by atoms with Gasteiger partial charge in [-0.25, -0.2) is 0 Å². The third kappa shape index (κ3) is 1.98. The second kappa shape index (κ2) is 4.12. The van der Waals surface area contributed by atoms with Gasteiger partial charge >= 0.3 is 0 Å². The lowest BCUT2D eigenvalue weighted by atomic mass is 10.1. The predicted molar refractivity (Wildman–Crippen MR) is 51.2 cm³/mol. The molecule has 1 aromatic rings. The zero-order valence-corrected chi connectivity index (χ0v) is 7.54. The normalized spacial score (nSPS) is 12.6. The molecule has 0 aromatic heterocycles. The fourth-order valence-electron chi connectivity index (χ4n) is 1.11. The molecule has 0 saturated carbocycles. The summed E-state index contributed by atoms with van der Waals surface area (Å²) in [5, 5.41) is 12.5. The highest BCUT2D eigenvalue weighted by atomic mass is 16.3. The van der Waals surface area contributed by atoms with Gasteiger partial charge in [0, 0.05) is 12.7 Å². The minimum atomic E-state index is -0.323. The van der Waals surface area contributed by atoms with E-state index in [0.29, 0.717) is 0 Å². The van der Waals surface area contributed by atoms with E-state index < -0.39 is 0 Å². The molecule has 0 aliphatic carbocycles. The van der Waals surface area contributed by atoms with Crippen LogP contribution in [0.5, 0.6) is 0 Å². The van der Waals surface area contributed by atoms with Gasteiger partial charge in [-0.2, -0.15) is 0 Å². The first kappa shape index (κ1) is 9.07. The van der Waals surface area contributed by atoms with Gasteiger partial charge in [-0.1, -0.05) is 19.1 Å². The van der Waals surface area contributed by atoms with Crippen LogP contribution in [-0.2, 0) is 0 Å². The Bertz CT molecular complexity index is 230. The van der Waals surface area contributed by atoms with Crippen LogP contribution in [0.15, 0.2) is 24.3 Å². The maximum atomic E-state index is 9.47. The molecule has 1 aromatic carbocycles. The summed E-state index contributed by atoms with van der Waals surface area (Å²) in [7, 11) is 1.88. The molecule has 12 heavy (non-hydrogen) atoms. The van der Waals surface area contributed by atoms with Gasteiger partial charge in [0.05, 0.1) is 6.10 Å². The van der Waals surface area contributed by atoms with Crippen LogP contribution in [0.3, 0.4) is 0 Å². The molecule has 0 aliphatic heterocycles. The van der Waals surface area contributed by atoms with Crippen molar-refractivity contribution in [2.45, 2.75) is 19.4 Å². The quantitative estimate of drug-likeness (QED) is 0.719. The van der Waals surface area contributed by atoms with Crippen LogP contribution in [0.4, 0.5) is 5.69 Å². The van der Waals surface area contributed by atoms with Crippen LogP contribution in [0.25, 0.3) is 0 Å². The molecule has 0 spiro atoms. The summed E-state index contributed by atoms with van der Waals surface area (Å²) in [4.78, 5) is 0. The maximum absolute atomic E-state index is 9.47. The molecule has 1 rings (SSSR count). The van der Waals surface area contributed by atoms with Crippen LogP contribution in [-0.4, -0.2) is 12.2 Å². The van der Waals surface area contributed by atoms with E-state index in [4.69, 9.17) is 0 Å². The van der Waals surface area contributed by atoms with Gasteiger partial charge in [0.2, 0.25) is 0 Å². The minimum Gasteiger partial charge on any atom is -0.388 e. The first-order valence-electron chi connectivity index (χ1n) is 4.23. The van der Waals surface area contributed by atoms with Crippen LogP contribution in [0, 0.1) is 0 Å². The van der Waals surface area contributed by atoms with Crippen molar-refractivity contribution in [3.05, 3.63) is 29.8 Å². The molecule has 2 N–H and O–H groups in total. The van der Waals surface area contributed by atoms with Gasteiger partial charge in [-0.3, -0.25) is 0 Å². The Labute approximate surface area is 73.2 Å². The monoisotopic (exact) mass is 165 g/mol. The number of benzene rings is 1. The molecular weight excluding hydrogens is 150 g/mol. The summed E-state index contributed by atoms with van der Waals surface area (Å²) in [5.74, 6) is 0. The number of aliphatic hydroxyl groups excluding tert-OH is 1. The first-order valence-corrected chi connectivity index (χ1v) is 4.23. The molecule has 2 heteroatoms. The number of hydrogen-bond acceptors (Lipinski definition) is 2. The highest BCUT2D eigenvalue weighted by Gasteiger charge is 2.02. The molecule has 0 fully saturated rings. The van der Waals surface area contributed by atoms with Gasteiger partial charge in [0.1, 0.15) is 0 Å². The van der Waals surface area contributed by atoms with Crippen molar-refractivity contribution in [2.24, 2.45) is 0 Å². The summed E-state index contributed by atoms with van der Waals surface area (Å²) >= 11 is 0. The predicted octanol–water partition coefficient (Wildman–Crippen LogP) is 2.17. The summed E-state index contributed by atoms with van der Waals surface area (Å²) in [6, 6.07) is 7.82. The Morgan fingerprint density at radius 1 is 1.33 bits per heavy atom. The third-order valence-electron chi connectivity index (χ3n) is 1.97. The molecule has 0 heterocycles. The lowest BCUT2D eigenvalue weighted by Crippen LogP contribution is -1.95. The highest BCUT2D eigenvalue weighted by molar-refractivity contribution is 5.44. The van der Waals surface area contributed by atoms with Crippen LogP contribution in [0.2, 0.25) is 0 Å². The molecular formula is C10H15NO. The van der Waals surface area contributed by atoms with Crippen molar-refractivity contribution >= 4 is 5.69 Å². The summed E-state index contributed by atoms with van der Waals surface area (Å²) in [5.41, 5.74) is 2.05. The van der Waals surface area contributed by atoms with Crippen LogP contribution >= 0.6 is 0 Å². The molecule has 2 nitrogen and oxygen atoms in total. The Morgan fingerprint density at radius 3 is 2.33 bits per heavy atom. The van der Waals surface area contributed by atoms with E-state index in [2.05, 4.69) is 5.32 Å². The van der Waals surface area contributed by atoms with E-state index in [9.17, 15) is 5.11 Å². The average molecular weight is 165 g/mol. The van der Waals surface area contributed by atoms with Gasteiger partial charge in [0.25, 0.3) is 0 Å². The molecule has 66 valence electrons. The Balaban J connectivity index is 2.77. The van der Waals surface area contributed by atoms with Crippen molar-refractivity contribution in [1.82, 2.24) is 0 Å². The van der Waals surface area contributed by atoms with E-state index in [1.54, 1.807) is 0 Å². The molecule has 0 bridgehead atoms. The average Bonchev–Trinajstić information content (AvgIpc) is 2.17. The van der Waals surface area contributed by atoms with Crippen LogP contribution < -0.4 is 5.32 Å². The Kier molecular flexibility index (Phi) is 3.11. The molecule has 0 aliphatic rings. The lowest BCUT2D eigenvalue weighted by molar-refractivity contribution is 0.173.